The summed E-state index contributed by atoms with van der Waals surface area (Å²) in [7, 11) is 0. The molecule has 0 bridgehead atoms. The topological polar surface area (TPSA) is 95.2 Å². The maximum Gasteiger partial charge on any atom is 0.161 e. The molecule has 40 heavy (non-hydrogen) atoms. The van der Waals surface area contributed by atoms with Gasteiger partial charge in [0.2, 0.25) is 0 Å². The van der Waals surface area contributed by atoms with Gasteiger partial charge in [0.1, 0.15) is 11.4 Å². The number of fused-ring (bicyclic) bond motifs is 2. The molecule has 0 saturated heterocycles. The molecule has 0 unspecified atom stereocenters. The number of anilines is 1. The van der Waals surface area contributed by atoms with Gasteiger partial charge in [0.25, 0.3) is 0 Å². The first kappa shape index (κ1) is 24.7. The van der Waals surface area contributed by atoms with Crippen LogP contribution < -0.4 is 5.32 Å². The monoisotopic (exact) mass is 549 g/mol. The lowest BCUT2D eigenvalue weighted by molar-refractivity contribution is 0.405. The van der Waals surface area contributed by atoms with Crippen molar-refractivity contribution in [2.75, 3.05) is 5.32 Å². The smallest absolute Gasteiger partial charge is 0.161 e. The summed E-state index contributed by atoms with van der Waals surface area (Å²) < 4.78 is 16.2. The zero-order chi connectivity index (χ0) is 27.2. The molecule has 5 heterocycles. The van der Waals surface area contributed by atoms with Crippen LogP contribution in [0.2, 0.25) is 0 Å². The fourth-order valence-corrected chi connectivity index (χ4v) is 6.54. The second-order valence-electron chi connectivity index (χ2n) is 10.4. The number of halogens is 1. The van der Waals surface area contributed by atoms with Gasteiger partial charge >= 0.3 is 0 Å². The summed E-state index contributed by atoms with van der Waals surface area (Å²) in [5.41, 5.74) is 6.18. The van der Waals surface area contributed by atoms with E-state index in [0.29, 0.717) is 33.9 Å². The van der Waals surface area contributed by atoms with Crippen molar-refractivity contribution in [3.63, 3.8) is 0 Å². The van der Waals surface area contributed by atoms with Gasteiger partial charge in [-0.15, -0.1) is 11.3 Å². The summed E-state index contributed by atoms with van der Waals surface area (Å²) in [6, 6.07) is 12.1. The van der Waals surface area contributed by atoms with Crippen molar-refractivity contribution in [3.05, 3.63) is 78.0 Å². The third-order valence-electron chi connectivity index (χ3n) is 7.70. The molecule has 1 aromatic carbocycles. The van der Waals surface area contributed by atoms with Crippen LogP contribution in [0, 0.1) is 18.7 Å². The van der Waals surface area contributed by atoms with E-state index in [1.807, 2.05) is 18.2 Å². The number of hydrogen-bond acceptors (Lipinski definition) is 6. The van der Waals surface area contributed by atoms with Crippen molar-refractivity contribution in [1.82, 2.24) is 30.1 Å². The van der Waals surface area contributed by atoms with Gasteiger partial charge in [-0.2, -0.15) is 5.10 Å². The number of thiophene rings is 1. The normalized spacial score (nSPS) is 14.2. The number of imidazole rings is 1. The number of rotatable bonds is 6. The SMILES string of the molecule is C=C(Nc1cncc(-c2ncc3[nH]nc(-c4nc5c(-c6ccc(C)s6)cccc5[nH]4)c3c2F)c1)C1CCCCC1. The van der Waals surface area contributed by atoms with Crippen LogP contribution in [0.25, 0.3) is 55.2 Å². The van der Waals surface area contributed by atoms with Crippen LogP contribution in [0.3, 0.4) is 0 Å². The average Bonchev–Trinajstić information content (AvgIpc) is 3.72. The molecule has 0 amide bonds. The Balaban J connectivity index is 1.26. The van der Waals surface area contributed by atoms with Gasteiger partial charge < -0.3 is 10.3 Å². The number of aromatic nitrogens is 6. The molecule has 1 fully saturated rings. The molecule has 200 valence electrons. The first-order chi connectivity index (χ1) is 19.5. The average molecular weight is 550 g/mol. The van der Waals surface area contributed by atoms with Gasteiger partial charge in [-0.3, -0.25) is 15.1 Å². The molecule has 3 N–H and O–H groups in total. The Labute approximate surface area is 234 Å². The molecular weight excluding hydrogens is 521 g/mol. The van der Waals surface area contributed by atoms with Gasteiger partial charge in [-0.05, 0) is 49.9 Å². The minimum absolute atomic E-state index is 0.209. The second-order valence-corrected chi connectivity index (χ2v) is 11.7. The number of H-pyrrole nitrogens is 2. The van der Waals surface area contributed by atoms with E-state index in [1.165, 1.54) is 24.1 Å². The Hall–Kier alpha value is -4.37. The van der Waals surface area contributed by atoms with Crippen molar-refractivity contribution in [3.8, 4) is 33.2 Å². The number of pyridine rings is 2. The Kier molecular flexibility index (Phi) is 6.15. The number of nitrogens with one attached hydrogen (secondary N) is 3. The lowest BCUT2D eigenvalue weighted by Crippen LogP contribution is -2.14. The predicted molar refractivity (Wildman–Crippen MR) is 160 cm³/mol. The Morgan fingerprint density at radius 2 is 1.93 bits per heavy atom. The van der Waals surface area contributed by atoms with E-state index in [9.17, 15) is 0 Å². The summed E-state index contributed by atoms with van der Waals surface area (Å²) >= 11 is 1.72. The molecule has 1 saturated carbocycles. The van der Waals surface area contributed by atoms with E-state index in [4.69, 9.17) is 4.98 Å². The number of allylic oxidation sites excluding steroid dienone is 1. The second kappa shape index (κ2) is 9.98. The van der Waals surface area contributed by atoms with Crippen molar-refractivity contribution < 1.29 is 4.39 Å². The minimum Gasteiger partial charge on any atom is -0.358 e. The van der Waals surface area contributed by atoms with Gasteiger partial charge in [0.05, 0.1) is 40.0 Å². The summed E-state index contributed by atoms with van der Waals surface area (Å²) in [6.45, 7) is 6.35. The highest BCUT2D eigenvalue weighted by atomic mass is 32.1. The Bertz CT molecular complexity index is 1880. The van der Waals surface area contributed by atoms with Crippen LogP contribution in [0.5, 0.6) is 0 Å². The summed E-state index contributed by atoms with van der Waals surface area (Å²) in [5, 5.41) is 11.1. The van der Waals surface area contributed by atoms with Crippen LogP contribution in [-0.4, -0.2) is 30.1 Å². The van der Waals surface area contributed by atoms with Gasteiger partial charge in [-0.1, -0.05) is 38.0 Å². The third kappa shape index (κ3) is 4.36. The zero-order valence-corrected chi connectivity index (χ0v) is 22.9. The summed E-state index contributed by atoms with van der Waals surface area (Å²) in [6.07, 6.45) is 11.0. The molecule has 7 rings (SSSR count). The first-order valence-corrected chi connectivity index (χ1v) is 14.4. The fourth-order valence-electron chi connectivity index (χ4n) is 5.65. The van der Waals surface area contributed by atoms with Crippen molar-refractivity contribution in [2.45, 2.75) is 39.0 Å². The predicted octanol–water partition coefficient (Wildman–Crippen LogP) is 8.25. The summed E-state index contributed by atoms with van der Waals surface area (Å²) in [4.78, 5) is 19.4. The van der Waals surface area contributed by atoms with E-state index in [0.717, 1.165) is 45.7 Å². The zero-order valence-electron chi connectivity index (χ0n) is 22.1. The highest BCUT2D eigenvalue weighted by Gasteiger charge is 2.22. The molecule has 5 aromatic heterocycles. The maximum absolute atomic E-state index is 16.2. The van der Waals surface area contributed by atoms with Crippen LogP contribution in [0.15, 0.2) is 67.3 Å². The lowest BCUT2D eigenvalue weighted by Gasteiger charge is -2.24. The van der Waals surface area contributed by atoms with Crippen molar-refractivity contribution in [2.24, 2.45) is 5.92 Å². The molecule has 9 heteroatoms. The number of aryl methyl sites for hydroxylation is 1. The Morgan fingerprint density at radius 3 is 2.75 bits per heavy atom. The standard InChI is InChI=1S/C31H28FN7S/c1-17-11-12-25(40-17)22-9-6-10-23-29(22)37-31(36-23)30-26-24(38-39-30)16-34-28(27(26)32)20-13-21(15-33-14-20)35-18(2)19-7-4-3-5-8-19/h6,9-16,19,35H,2-5,7-8H2,1H3,(H,36,37)(H,38,39). The molecule has 0 radical (unpaired) electrons. The van der Waals surface area contributed by atoms with Crippen LogP contribution in [0.1, 0.15) is 37.0 Å². The van der Waals surface area contributed by atoms with Gasteiger partial charge in [0, 0.05) is 32.8 Å². The number of benzene rings is 1. The quantitative estimate of drug-likeness (QED) is 0.194. The molecule has 7 nitrogen and oxygen atoms in total. The minimum atomic E-state index is -0.471. The Morgan fingerprint density at radius 1 is 1.05 bits per heavy atom. The highest BCUT2D eigenvalue weighted by Crippen LogP contribution is 2.37. The van der Waals surface area contributed by atoms with Gasteiger partial charge in [-0.25, -0.2) is 9.37 Å². The van der Waals surface area contributed by atoms with Crippen LogP contribution >= 0.6 is 11.3 Å². The molecule has 0 spiro atoms. The third-order valence-corrected chi connectivity index (χ3v) is 8.74. The van der Waals surface area contributed by atoms with E-state index in [2.05, 4.69) is 62.2 Å². The molecule has 6 aromatic rings. The van der Waals surface area contributed by atoms with Crippen LogP contribution in [0.4, 0.5) is 10.1 Å². The van der Waals surface area contributed by atoms with E-state index >= 15 is 4.39 Å². The lowest BCUT2D eigenvalue weighted by atomic mass is 9.87. The van der Waals surface area contributed by atoms with E-state index in [1.54, 1.807) is 29.9 Å². The van der Waals surface area contributed by atoms with Crippen molar-refractivity contribution >= 4 is 39.0 Å². The first-order valence-electron chi connectivity index (χ1n) is 13.5. The van der Waals surface area contributed by atoms with Gasteiger partial charge in [0.15, 0.2) is 11.6 Å². The number of nitrogens with zero attached hydrogens (tertiary/aromatic N) is 4. The number of aromatic amines is 2. The number of hydrogen-bond donors (Lipinski definition) is 3. The van der Waals surface area contributed by atoms with Crippen LogP contribution in [-0.2, 0) is 0 Å². The molecule has 1 aliphatic rings. The molecular formula is C31H28FN7S. The van der Waals surface area contributed by atoms with E-state index in [-0.39, 0.29) is 5.69 Å². The number of para-hydroxylation sites is 1. The van der Waals surface area contributed by atoms with Crippen molar-refractivity contribution in [1.29, 1.82) is 0 Å². The molecule has 0 atom stereocenters. The largest absolute Gasteiger partial charge is 0.358 e. The molecule has 0 aliphatic heterocycles. The highest BCUT2D eigenvalue weighted by molar-refractivity contribution is 7.15. The maximum atomic E-state index is 16.2. The van der Waals surface area contributed by atoms with E-state index < -0.39 is 5.82 Å². The summed E-state index contributed by atoms with van der Waals surface area (Å²) in [5.74, 6) is 0.474. The molecule has 1 aliphatic carbocycles. The fraction of sp³-hybridized carbons (Fsp3) is 0.226.